The predicted octanol–water partition coefficient (Wildman–Crippen LogP) is 4.26. The third-order valence-electron chi connectivity index (χ3n) is 4.68. The van der Waals surface area contributed by atoms with Crippen molar-refractivity contribution in [3.8, 4) is 23.0 Å². The molecule has 7 heteroatoms. The van der Waals surface area contributed by atoms with Crippen molar-refractivity contribution in [1.29, 1.82) is 0 Å². The molecule has 0 aliphatic carbocycles. The normalized spacial score (nSPS) is 11.8. The lowest BCUT2D eigenvalue weighted by Gasteiger charge is -2.15. The van der Waals surface area contributed by atoms with Crippen molar-refractivity contribution in [1.82, 2.24) is 10.3 Å². The van der Waals surface area contributed by atoms with Crippen LogP contribution >= 0.6 is 0 Å². The van der Waals surface area contributed by atoms with E-state index < -0.39 is 12.0 Å². The quantitative estimate of drug-likeness (QED) is 0.412. The predicted molar refractivity (Wildman–Crippen MR) is 122 cm³/mol. The number of aromatic nitrogens is 1. The SMILES string of the molecule is C=C/C=C\NC(Cc1ccc(OCCc2coc(-c3ccccc3)n2)c(OC)c1)C(=O)O. The van der Waals surface area contributed by atoms with Crippen molar-refractivity contribution in [3.05, 3.63) is 91.0 Å². The largest absolute Gasteiger partial charge is 0.493 e. The van der Waals surface area contributed by atoms with Crippen LogP contribution in [0.25, 0.3) is 11.5 Å². The van der Waals surface area contributed by atoms with Crippen LogP contribution in [0.3, 0.4) is 0 Å². The molecule has 32 heavy (non-hydrogen) atoms. The van der Waals surface area contributed by atoms with Crippen molar-refractivity contribution in [3.63, 3.8) is 0 Å². The van der Waals surface area contributed by atoms with Crippen LogP contribution in [0, 0.1) is 0 Å². The molecule has 3 rings (SSSR count). The Balaban J connectivity index is 1.59. The summed E-state index contributed by atoms with van der Waals surface area (Å²) in [6, 6.07) is 14.3. The Bertz CT molecular complexity index is 1060. The van der Waals surface area contributed by atoms with Crippen molar-refractivity contribution in [2.45, 2.75) is 18.9 Å². The summed E-state index contributed by atoms with van der Waals surface area (Å²) >= 11 is 0. The summed E-state index contributed by atoms with van der Waals surface area (Å²) in [5, 5.41) is 12.3. The first-order valence-electron chi connectivity index (χ1n) is 10.2. The van der Waals surface area contributed by atoms with E-state index in [1.807, 2.05) is 36.4 Å². The number of carboxylic acids is 1. The minimum atomic E-state index is -0.944. The fourth-order valence-electron chi connectivity index (χ4n) is 3.05. The number of ether oxygens (including phenoxy) is 2. The number of carboxylic acid groups (broad SMARTS) is 1. The Kier molecular flexibility index (Phi) is 8.09. The summed E-state index contributed by atoms with van der Waals surface area (Å²) in [4.78, 5) is 16.0. The van der Waals surface area contributed by atoms with Gasteiger partial charge in [0.2, 0.25) is 5.89 Å². The highest BCUT2D eigenvalue weighted by molar-refractivity contribution is 5.74. The van der Waals surface area contributed by atoms with Gasteiger partial charge in [-0.05, 0) is 42.1 Å². The number of allylic oxidation sites excluding steroid dienone is 2. The van der Waals surface area contributed by atoms with Crippen LogP contribution in [0.1, 0.15) is 11.3 Å². The fourth-order valence-corrected chi connectivity index (χ4v) is 3.05. The van der Waals surface area contributed by atoms with Gasteiger partial charge in [0, 0.05) is 18.4 Å². The molecule has 0 bridgehead atoms. The molecule has 3 aromatic rings. The molecule has 1 heterocycles. The van der Waals surface area contributed by atoms with Crippen LogP contribution in [0.2, 0.25) is 0 Å². The van der Waals surface area contributed by atoms with Crippen molar-refractivity contribution < 1.29 is 23.8 Å². The van der Waals surface area contributed by atoms with Gasteiger partial charge in [0.25, 0.3) is 0 Å². The summed E-state index contributed by atoms with van der Waals surface area (Å²) in [5.74, 6) is 0.750. The fraction of sp³-hybridized carbons (Fsp3) is 0.200. The van der Waals surface area contributed by atoms with Crippen LogP contribution in [-0.2, 0) is 17.6 Å². The molecular formula is C25H26N2O5. The van der Waals surface area contributed by atoms with Gasteiger partial charge in [-0.15, -0.1) is 0 Å². The first-order chi connectivity index (χ1) is 15.6. The van der Waals surface area contributed by atoms with E-state index in [1.54, 1.807) is 43.9 Å². The summed E-state index contributed by atoms with van der Waals surface area (Å²) in [5.41, 5.74) is 2.53. The average molecular weight is 434 g/mol. The molecular weight excluding hydrogens is 408 g/mol. The smallest absolute Gasteiger partial charge is 0.326 e. The summed E-state index contributed by atoms with van der Waals surface area (Å²) < 4.78 is 16.9. The number of rotatable bonds is 12. The highest BCUT2D eigenvalue weighted by Crippen LogP contribution is 2.29. The third-order valence-corrected chi connectivity index (χ3v) is 4.68. The minimum Gasteiger partial charge on any atom is -0.493 e. The van der Waals surface area contributed by atoms with Crippen molar-refractivity contribution in [2.75, 3.05) is 13.7 Å². The first kappa shape index (κ1) is 22.7. The molecule has 0 fully saturated rings. The molecule has 1 aromatic heterocycles. The Morgan fingerprint density at radius 1 is 1.25 bits per heavy atom. The van der Waals surface area contributed by atoms with E-state index in [9.17, 15) is 9.90 Å². The minimum absolute atomic E-state index is 0.286. The lowest BCUT2D eigenvalue weighted by Crippen LogP contribution is -2.35. The Morgan fingerprint density at radius 2 is 2.06 bits per heavy atom. The van der Waals surface area contributed by atoms with Crippen molar-refractivity contribution >= 4 is 5.97 Å². The van der Waals surface area contributed by atoms with Gasteiger partial charge in [-0.1, -0.05) is 36.9 Å². The topological polar surface area (TPSA) is 93.8 Å². The van der Waals surface area contributed by atoms with Crippen LogP contribution in [0.15, 0.2) is 84.1 Å². The Morgan fingerprint density at radius 3 is 2.78 bits per heavy atom. The number of hydrogen-bond acceptors (Lipinski definition) is 6. The molecule has 0 amide bonds. The molecule has 166 valence electrons. The first-order valence-corrected chi connectivity index (χ1v) is 10.2. The van der Waals surface area contributed by atoms with Gasteiger partial charge in [-0.2, -0.15) is 0 Å². The zero-order valence-corrected chi connectivity index (χ0v) is 17.9. The second kappa shape index (κ2) is 11.4. The van der Waals surface area contributed by atoms with E-state index in [4.69, 9.17) is 13.9 Å². The van der Waals surface area contributed by atoms with Gasteiger partial charge in [-0.25, -0.2) is 9.78 Å². The zero-order chi connectivity index (χ0) is 22.8. The molecule has 2 aromatic carbocycles. The molecule has 0 saturated heterocycles. The lowest BCUT2D eigenvalue weighted by atomic mass is 10.1. The maximum atomic E-state index is 11.5. The number of aliphatic carboxylic acids is 1. The number of carbonyl (C=O) groups is 1. The summed E-state index contributed by atoms with van der Waals surface area (Å²) in [6.07, 6.45) is 7.27. The number of hydrogen-bond donors (Lipinski definition) is 2. The summed E-state index contributed by atoms with van der Waals surface area (Å²) in [6.45, 7) is 3.95. The molecule has 7 nitrogen and oxygen atoms in total. The average Bonchev–Trinajstić information content (AvgIpc) is 3.28. The lowest BCUT2D eigenvalue weighted by molar-refractivity contribution is -0.139. The van der Waals surface area contributed by atoms with Gasteiger partial charge < -0.3 is 24.3 Å². The Hall–Kier alpha value is -4.00. The standard InChI is InChI=1S/C25H26N2O5/c1-3-4-13-26-21(25(28)29)15-18-10-11-22(23(16-18)30-2)31-14-12-20-17-32-24(27-20)19-8-6-5-7-9-19/h3-11,13,16-17,21,26H,1,12,14-15H2,2H3,(H,28,29)/b13-4-. The van der Waals surface area contributed by atoms with Gasteiger partial charge in [0.15, 0.2) is 11.5 Å². The van der Waals surface area contributed by atoms with E-state index in [0.717, 1.165) is 16.8 Å². The van der Waals surface area contributed by atoms with E-state index in [1.165, 1.54) is 0 Å². The van der Waals surface area contributed by atoms with E-state index in [0.29, 0.717) is 30.4 Å². The Labute approximate surface area is 187 Å². The summed E-state index contributed by atoms with van der Waals surface area (Å²) in [7, 11) is 1.55. The van der Waals surface area contributed by atoms with Crippen LogP contribution in [-0.4, -0.2) is 35.8 Å². The maximum Gasteiger partial charge on any atom is 0.326 e. The number of nitrogens with zero attached hydrogens (tertiary/aromatic N) is 1. The number of benzene rings is 2. The zero-order valence-electron chi connectivity index (χ0n) is 17.9. The molecule has 0 radical (unpaired) electrons. The molecule has 1 atom stereocenters. The van der Waals surface area contributed by atoms with Crippen molar-refractivity contribution in [2.24, 2.45) is 0 Å². The molecule has 0 aliphatic heterocycles. The van der Waals surface area contributed by atoms with Gasteiger partial charge >= 0.3 is 5.97 Å². The van der Waals surface area contributed by atoms with E-state index >= 15 is 0 Å². The monoisotopic (exact) mass is 434 g/mol. The molecule has 0 aliphatic rings. The van der Waals surface area contributed by atoms with Crippen LogP contribution < -0.4 is 14.8 Å². The molecule has 2 N–H and O–H groups in total. The second-order valence-electron chi connectivity index (χ2n) is 6.95. The number of methoxy groups -OCH3 is 1. The van der Waals surface area contributed by atoms with Crippen LogP contribution in [0.5, 0.6) is 11.5 Å². The maximum absolute atomic E-state index is 11.5. The van der Waals surface area contributed by atoms with E-state index in [2.05, 4.69) is 16.9 Å². The molecule has 0 saturated carbocycles. The van der Waals surface area contributed by atoms with E-state index in [-0.39, 0.29) is 6.42 Å². The van der Waals surface area contributed by atoms with Gasteiger partial charge in [0.05, 0.1) is 19.4 Å². The molecule has 1 unspecified atom stereocenters. The van der Waals surface area contributed by atoms with Gasteiger partial charge in [-0.3, -0.25) is 0 Å². The number of nitrogens with one attached hydrogen (secondary N) is 1. The van der Waals surface area contributed by atoms with Crippen LogP contribution in [0.4, 0.5) is 0 Å². The second-order valence-corrected chi connectivity index (χ2v) is 6.95. The number of oxazole rings is 1. The molecule has 0 spiro atoms. The third kappa shape index (κ3) is 6.25. The highest BCUT2D eigenvalue weighted by Gasteiger charge is 2.17. The van der Waals surface area contributed by atoms with Gasteiger partial charge in [0.1, 0.15) is 12.3 Å². The highest BCUT2D eigenvalue weighted by atomic mass is 16.5.